The molecule has 0 spiro atoms. The molecular formula is C18H21N5O. The van der Waals surface area contributed by atoms with Crippen molar-refractivity contribution < 1.29 is 4.74 Å². The average Bonchev–Trinajstić information content (AvgIpc) is 2.66. The third kappa shape index (κ3) is 4.43. The molecule has 124 valence electrons. The van der Waals surface area contributed by atoms with E-state index in [1.165, 1.54) is 0 Å². The molecule has 1 unspecified atom stereocenters. The third-order valence-electron chi connectivity index (χ3n) is 4.07. The summed E-state index contributed by atoms with van der Waals surface area (Å²) >= 11 is 0. The summed E-state index contributed by atoms with van der Waals surface area (Å²) in [5, 5.41) is 20.6. The van der Waals surface area contributed by atoms with Crippen LogP contribution in [0.3, 0.4) is 0 Å². The van der Waals surface area contributed by atoms with Crippen molar-refractivity contribution in [2.24, 2.45) is 0 Å². The van der Waals surface area contributed by atoms with E-state index < -0.39 is 0 Å². The normalized spacial score (nSPS) is 17.3. The van der Waals surface area contributed by atoms with Crippen molar-refractivity contribution in [3.63, 3.8) is 0 Å². The van der Waals surface area contributed by atoms with Gasteiger partial charge in [0.05, 0.1) is 11.6 Å². The molecule has 6 nitrogen and oxygen atoms in total. The Morgan fingerprint density at radius 1 is 1.33 bits per heavy atom. The van der Waals surface area contributed by atoms with Gasteiger partial charge >= 0.3 is 0 Å². The van der Waals surface area contributed by atoms with E-state index in [1.54, 1.807) is 18.3 Å². The van der Waals surface area contributed by atoms with Crippen LogP contribution < -0.4 is 15.0 Å². The van der Waals surface area contributed by atoms with Crippen LogP contribution in [0.15, 0.2) is 42.6 Å². The molecule has 1 aromatic carbocycles. The largest absolute Gasteiger partial charge is 0.492 e. The number of hydrogen-bond acceptors (Lipinski definition) is 6. The lowest BCUT2D eigenvalue weighted by molar-refractivity contribution is 0.297. The molecule has 2 aromatic rings. The van der Waals surface area contributed by atoms with E-state index in [2.05, 4.69) is 26.5 Å². The molecular weight excluding hydrogens is 302 g/mol. The number of aromatic nitrogens is 2. The zero-order valence-electron chi connectivity index (χ0n) is 13.6. The van der Waals surface area contributed by atoms with Crippen molar-refractivity contribution in [1.82, 2.24) is 15.5 Å². The number of anilines is 1. The van der Waals surface area contributed by atoms with Crippen LogP contribution in [0.25, 0.3) is 0 Å². The summed E-state index contributed by atoms with van der Waals surface area (Å²) < 4.78 is 5.70. The zero-order chi connectivity index (χ0) is 16.6. The van der Waals surface area contributed by atoms with Crippen molar-refractivity contribution in [3.8, 4) is 11.8 Å². The van der Waals surface area contributed by atoms with Crippen LogP contribution in [0, 0.1) is 11.3 Å². The Balaban J connectivity index is 1.42. The molecule has 6 heteroatoms. The second kappa shape index (κ2) is 8.27. The fourth-order valence-electron chi connectivity index (χ4n) is 2.90. The molecule has 1 aliphatic heterocycles. The Hall–Kier alpha value is -2.65. The minimum Gasteiger partial charge on any atom is -0.492 e. The maximum atomic E-state index is 8.89. The van der Waals surface area contributed by atoms with E-state index in [1.807, 2.05) is 24.3 Å². The Kier molecular flexibility index (Phi) is 5.59. The first-order valence-corrected chi connectivity index (χ1v) is 8.24. The highest BCUT2D eigenvalue weighted by atomic mass is 16.5. The zero-order valence-corrected chi connectivity index (χ0v) is 13.6. The molecule has 1 fully saturated rings. The van der Waals surface area contributed by atoms with Crippen LogP contribution in [0.4, 0.5) is 5.82 Å². The highest BCUT2D eigenvalue weighted by Crippen LogP contribution is 2.16. The quantitative estimate of drug-likeness (QED) is 0.820. The molecule has 1 aliphatic rings. The van der Waals surface area contributed by atoms with Crippen LogP contribution in [0.2, 0.25) is 0 Å². The third-order valence-corrected chi connectivity index (χ3v) is 4.07. The van der Waals surface area contributed by atoms with Crippen LogP contribution in [0.1, 0.15) is 18.4 Å². The van der Waals surface area contributed by atoms with E-state index >= 15 is 0 Å². The molecule has 0 aliphatic carbocycles. The monoisotopic (exact) mass is 323 g/mol. The second-order valence-electron chi connectivity index (χ2n) is 5.81. The lowest BCUT2D eigenvalue weighted by Gasteiger charge is -2.33. The van der Waals surface area contributed by atoms with Gasteiger partial charge in [0.25, 0.3) is 0 Å². The summed E-state index contributed by atoms with van der Waals surface area (Å²) in [5.41, 5.74) is 0.618. The molecule has 2 heterocycles. The molecule has 0 radical (unpaired) electrons. The van der Waals surface area contributed by atoms with E-state index in [0.29, 0.717) is 18.2 Å². The van der Waals surface area contributed by atoms with Crippen molar-refractivity contribution in [3.05, 3.63) is 48.2 Å². The van der Waals surface area contributed by atoms with Gasteiger partial charge in [-0.25, -0.2) is 0 Å². The molecule has 3 rings (SSSR count). The van der Waals surface area contributed by atoms with Gasteiger partial charge in [-0.15, -0.1) is 5.10 Å². The van der Waals surface area contributed by atoms with Gasteiger partial charge in [-0.1, -0.05) is 6.07 Å². The Bertz CT molecular complexity index is 685. The molecule has 0 bridgehead atoms. The van der Waals surface area contributed by atoms with Gasteiger partial charge in [0.2, 0.25) is 0 Å². The van der Waals surface area contributed by atoms with Gasteiger partial charge in [-0.2, -0.15) is 10.4 Å². The van der Waals surface area contributed by atoms with Crippen LogP contribution >= 0.6 is 0 Å². The predicted molar refractivity (Wildman–Crippen MR) is 91.9 cm³/mol. The Morgan fingerprint density at radius 2 is 2.29 bits per heavy atom. The molecule has 1 aromatic heterocycles. The smallest absolute Gasteiger partial charge is 0.151 e. The summed E-state index contributed by atoms with van der Waals surface area (Å²) in [6.07, 6.45) is 3.99. The SMILES string of the molecule is N#Cc1cccc(OCCNC2CCCN(c3cccnn3)C2)c1. The number of rotatable bonds is 6. The van der Waals surface area contributed by atoms with Gasteiger partial charge in [0.1, 0.15) is 12.4 Å². The maximum absolute atomic E-state index is 8.89. The summed E-state index contributed by atoms with van der Waals surface area (Å²) in [6.45, 7) is 3.31. The van der Waals surface area contributed by atoms with Gasteiger partial charge < -0.3 is 15.0 Å². The fraction of sp³-hybridized carbons (Fsp3) is 0.389. The first-order chi connectivity index (χ1) is 11.8. The topological polar surface area (TPSA) is 74.1 Å². The molecule has 0 amide bonds. The van der Waals surface area contributed by atoms with Gasteiger partial charge in [-0.05, 0) is 43.2 Å². The molecule has 0 saturated carbocycles. The number of hydrogen-bond donors (Lipinski definition) is 1. The van der Waals surface area contributed by atoms with Gasteiger partial charge in [0.15, 0.2) is 5.82 Å². The average molecular weight is 323 g/mol. The Morgan fingerprint density at radius 3 is 3.12 bits per heavy atom. The highest BCUT2D eigenvalue weighted by molar-refractivity contribution is 5.37. The Labute approximate surface area is 142 Å². The number of benzene rings is 1. The molecule has 1 saturated heterocycles. The van der Waals surface area contributed by atoms with Gasteiger partial charge in [0, 0.05) is 31.9 Å². The molecule has 1 atom stereocenters. The number of nitriles is 1. The summed E-state index contributed by atoms with van der Waals surface area (Å²) in [6, 6.07) is 13.7. The number of piperidine rings is 1. The van der Waals surface area contributed by atoms with Crippen molar-refractivity contribution in [1.29, 1.82) is 5.26 Å². The highest BCUT2D eigenvalue weighted by Gasteiger charge is 2.20. The van der Waals surface area contributed by atoms with E-state index in [9.17, 15) is 0 Å². The van der Waals surface area contributed by atoms with E-state index in [0.717, 1.165) is 44.0 Å². The number of nitrogens with zero attached hydrogens (tertiary/aromatic N) is 4. The fourth-order valence-corrected chi connectivity index (χ4v) is 2.90. The summed E-state index contributed by atoms with van der Waals surface area (Å²) in [5.74, 6) is 1.68. The number of ether oxygens (including phenoxy) is 1. The lowest BCUT2D eigenvalue weighted by atomic mass is 10.1. The van der Waals surface area contributed by atoms with E-state index in [-0.39, 0.29) is 0 Å². The molecule has 24 heavy (non-hydrogen) atoms. The maximum Gasteiger partial charge on any atom is 0.151 e. The minimum absolute atomic E-state index is 0.426. The summed E-state index contributed by atoms with van der Waals surface area (Å²) in [7, 11) is 0. The first kappa shape index (κ1) is 16.2. The molecule has 1 N–H and O–H groups in total. The van der Waals surface area contributed by atoms with Crippen LogP contribution in [0.5, 0.6) is 5.75 Å². The van der Waals surface area contributed by atoms with Crippen LogP contribution in [-0.2, 0) is 0 Å². The standard InChI is InChI=1S/C18H21N5O/c19-13-15-4-1-6-17(12-15)24-11-9-20-16-5-3-10-23(14-16)18-7-2-8-21-22-18/h1-2,4,6-8,12,16,20H,3,5,9-11,14H2. The predicted octanol–water partition coefficient (Wildman–Crippen LogP) is 1.99. The lowest BCUT2D eigenvalue weighted by Crippen LogP contribution is -2.47. The van der Waals surface area contributed by atoms with Crippen molar-refractivity contribution in [2.75, 3.05) is 31.1 Å². The second-order valence-corrected chi connectivity index (χ2v) is 5.81. The van der Waals surface area contributed by atoms with Crippen molar-refractivity contribution >= 4 is 5.82 Å². The van der Waals surface area contributed by atoms with Gasteiger partial charge in [-0.3, -0.25) is 0 Å². The first-order valence-electron chi connectivity index (χ1n) is 8.24. The van der Waals surface area contributed by atoms with Crippen LogP contribution in [-0.4, -0.2) is 42.5 Å². The number of nitrogens with one attached hydrogen (secondary N) is 1. The summed E-state index contributed by atoms with van der Waals surface area (Å²) in [4.78, 5) is 2.27. The van der Waals surface area contributed by atoms with E-state index in [4.69, 9.17) is 10.00 Å². The van der Waals surface area contributed by atoms with Crippen molar-refractivity contribution in [2.45, 2.75) is 18.9 Å². The minimum atomic E-state index is 0.426.